The highest BCUT2D eigenvalue weighted by Gasteiger charge is 2.51. The quantitative estimate of drug-likeness (QED) is 0.302. The van der Waals surface area contributed by atoms with Crippen LogP contribution in [-0.2, 0) is 18.3 Å². The molecule has 0 spiro atoms. The average Bonchev–Trinajstić information content (AvgIpc) is 3.31. The number of benzene rings is 1. The van der Waals surface area contributed by atoms with Gasteiger partial charge in [-0.3, -0.25) is 13.6 Å². The number of anilines is 1. The molecule has 2 saturated heterocycles. The monoisotopic (exact) mass is 561 g/mol. The maximum atomic E-state index is 15.6. The maximum absolute atomic E-state index is 15.6. The summed E-state index contributed by atoms with van der Waals surface area (Å²) in [6.45, 7) is -1.03. The van der Waals surface area contributed by atoms with Gasteiger partial charge in [0.05, 0.1) is 29.6 Å². The van der Waals surface area contributed by atoms with Gasteiger partial charge in [0, 0.05) is 12.2 Å². The molecule has 2 aliphatic rings. The topological polar surface area (TPSA) is 155 Å². The summed E-state index contributed by atoms with van der Waals surface area (Å²) in [7, 11) is 1.02. The van der Waals surface area contributed by atoms with Crippen molar-refractivity contribution in [2.45, 2.75) is 47.5 Å². The van der Waals surface area contributed by atoms with Gasteiger partial charge in [-0.15, -0.1) is 11.8 Å². The molecule has 2 fully saturated rings. The lowest BCUT2D eigenvalue weighted by Gasteiger charge is -2.26. The lowest BCUT2D eigenvalue weighted by Crippen LogP contribution is -2.36. The lowest BCUT2D eigenvalue weighted by atomic mass is 9.96. The molecule has 2 radical (unpaired) electrons. The highest BCUT2D eigenvalue weighted by molar-refractivity contribution is 8.00. The number of alkyl halides is 1. The van der Waals surface area contributed by atoms with Gasteiger partial charge < -0.3 is 25.2 Å². The van der Waals surface area contributed by atoms with Gasteiger partial charge in [0.1, 0.15) is 37.0 Å². The van der Waals surface area contributed by atoms with Crippen molar-refractivity contribution in [1.82, 2.24) is 9.55 Å². The van der Waals surface area contributed by atoms with Crippen molar-refractivity contribution in [3.63, 3.8) is 0 Å². The first-order valence-electron chi connectivity index (χ1n) is 10.8. The fourth-order valence-electron chi connectivity index (χ4n) is 3.75. The SMILES string of the molecule is [B][C@H]1C[C@H](O)[C@@H](COP(=O)(Oc2ccccc2Cl)O[C@H]2[C@H](F)[C@H](n3ccc(N)nc3=O)S[C@@H]2CO)O1. The van der Waals surface area contributed by atoms with E-state index in [-0.39, 0.29) is 23.0 Å². The third kappa shape index (κ3) is 6.08. The number of thioether (sulfide) groups is 1. The smallest absolute Gasteiger partial charge is 0.402 e. The van der Waals surface area contributed by atoms with Crippen LogP contribution in [0.4, 0.5) is 10.2 Å². The van der Waals surface area contributed by atoms with E-state index >= 15 is 4.39 Å². The van der Waals surface area contributed by atoms with Crippen LogP contribution in [0.25, 0.3) is 0 Å². The zero-order valence-electron chi connectivity index (χ0n) is 18.6. The van der Waals surface area contributed by atoms with Crippen LogP contribution >= 0.6 is 31.2 Å². The predicted octanol–water partition coefficient (Wildman–Crippen LogP) is 1.66. The summed E-state index contributed by atoms with van der Waals surface area (Å²) >= 11 is 7.01. The van der Waals surface area contributed by atoms with Crippen LogP contribution in [0.15, 0.2) is 41.3 Å². The van der Waals surface area contributed by atoms with Gasteiger partial charge in [-0.1, -0.05) is 23.7 Å². The molecule has 36 heavy (non-hydrogen) atoms. The Balaban J connectivity index is 1.59. The van der Waals surface area contributed by atoms with Crippen LogP contribution in [0, 0.1) is 0 Å². The Labute approximate surface area is 216 Å². The number of aromatic nitrogens is 2. The highest BCUT2D eigenvalue weighted by Crippen LogP contribution is 2.56. The number of ether oxygens (including phenoxy) is 1. The molecule has 3 heterocycles. The first kappa shape index (κ1) is 27.4. The first-order chi connectivity index (χ1) is 17.1. The molecule has 1 aromatic carbocycles. The van der Waals surface area contributed by atoms with Crippen LogP contribution in [-0.4, -0.2) is 76.6 Å². The van der Waals surface area contributed by atoms with Gasteiger partial charge in [-0.2, -0.15) is 4.98 Å². The minimum atomic E-state index is -4.65. The largest absolute Gasteiger partial charge is 0.530 e. The predicted molar refractivity (Wildman–Crippen MR) is 131 cm³/mol. The van der Waals surface area contributed by atoms with E-state index in [1.807, 2.05) is 0 Å². The highest BCUT2D eigenvalue weighted by atomic mass is 35.5. The second-order valence-corrected chi connectivity index (χ2v) is 11.4. The Morgan fingerprint density at radius 1 is 1.39 bits per heavy atom. The van der Waals surface area contributed by atoms with E-state index in [9.17, 15) is 19.6 Å². The molecule has 16 heteroatoms. The third-order valence-corrected chi connectivity index (χ3v) is 8.75. The van der Waals surface area contributed by atoms with Crippen LogP contribution in [0.2, 0.25) is 5.02 Å². The van der Waals surface area contributed by atoms with Crippen molar-refractivity contribution in [2.75, 3.05) is 18.9 Å². The zero-order valence-corrected chi connectivity index (χ0v) is 21.1. The molecule has 0 saturated carbocycles. The van der Waals surface area contributed by atoms with Crippen LogP contribution in [0.3, 0.4) is 0 Å². The molecule has 2 aromatic rings. The molecule has 1 aromatic heterocycles. The fourth-order valence-corrected chi connectivity index (χ4v) is 6.91. The number of rotatable bonds is 9. The Morgan fingerprint density at radius 2 is 2.14 bits per heavy atom. The van der Waals surface area contributed by atoms with Gasteiger partial charge in [-0.05, 0) is 24.6 Å². The second-order valence-electron chi connectivity index (χ2n) is 8.09. The van der Waals surface area contributed by atoms with Crippen LogP contribution < -0.4 is 15.9 Å². The number of nitrogens with zero attached hydrogens (tertiary/aromatic N) is 2. The van der Waals surface area contributed by atoms with Crippen molar-refractivity contribution in [1.29, 1.82) is 0 Å². The van der Waals surface area contributed by atoms with E-state index in [1.165, 1.54) is 24.4 Å². The Bertz CT molecular complexity index is 1180. The van der Waals surface area contributed by atoms with Gasteiger partial charge in [-0.25, -0.2) is 13.8 Å². The van der Waals surface area contributed by atoms with E-state index in [0.717, 1.165) is 16.3 Å². The number of phosphoric ester groups is 1. The molecule has 8 atom stereocenters. The van der Waals surface area contributed by atoms with Gasteiger partial charge in [0.2, 0.25) is 0 Å². The summed E-state index contributed by atoms with van der Waals surface area (Å²) in [5.41, 5.74) is 4.70. The standard InChI is InChI=1S/C20H23BClFN3O8PS/c21-15-7-11(28)13(32-15)9-31-35(30,33-12-4-2-1-3-10(12)22)34-18-14(8-27)36-19(17(18)23)26-6-5-16(24)25-20(26)29/h1-6,11,13-15,17-19,27-28H,7-9H2,(H2,24,25,29)/t11-,13+,14+,15+,17-,18+,19+,35?/m0/s1. The molecule has 0 amide bonds. The van der Waals surface area contributed by atoms with E-state index in [4.69, 9.17) is 43.5 Å². The molecule has 0 aliphatic carbocycles. The minimum absolute atomic E-state index is 0.0387. The number of aliphatic hydroxyl groups excluding tert-OH is 2. The average molecular weight is 562 g/mol. The molecule has 2 aliphatic heterocycles. The zero-order chi connectivity index (χ0) is 26.0. The number of phosphoric acid groups is 1. The summed E-state index contributed by atoms with van der Waals surface area (Å²) in [6, 6.07) is 6.63. The molecule has 11 nitrogen and oxygen atoms in total. The molecule has 194 valence electrons. The molecule has 4 rings (SSSR count). The summed E-state index contributed by atoms with van der Waals surface area (Å²) in [5.74, 6) is -0.104. The van der Waals surface area contributed by atoms with E-state index in [0.29, 0.717) is 0 Å². The third-order valence-electron chi connectivity index (χ3n) is 5.52. The number of hydrogen-bond acceptors (Lipinski definition) is 11. The molecular weight excluding hydrogens is 539 g/mol. The summed E-state index contributed by atoms with van der Waals surface area (Å²) < 4.78 is 52.2. The molecule has 1 unspecified atom stereocenters. The summed E-state index contributed by atoms with van der Waals surface area (Å²) in [5, 5.41) is 17.9. The summed E-state index contributed by atoms with van der Waals surface area (Å²) in [6.07, 6.45) is -4.00. The van der Waals surface area contributed by atoms with Crippen LogP contribution in [0.5, 0.6) is 5.75 Å². The van der Waals surface area contributed by atoms with Crippen molar-refractivity contribution in [3.8, 4) is 5.75 Å². The lowest BCUT2D eigenvalue weighted by molar-refractivity contribution is -0.0146. The van der Waals surface area contributed by atoms with Crippen molar-refractivity contribution < 1.29 is 37.5 Å². The van der Waals surface area contributed by atoms with Gasteiger partial charge in [0.15, 0.2) is 6.17 Å². The molecule has 0 bridgehead atoms. The Morgan fingerprint density at radius 3 is 2.78 bits per heavy atom. The van der Waals surface area contributed by atoms with E-state index < -0.39 is 67.8 Å². The Kier molecular flexibility index (Phi) is 8.68. The van der Waals surface area contributed by atoms with Crippen molar-refractivity contribution >= 4 is 44.8 Å². The Hall–Kier alpha value is -1.64. The first-order valence-corrected chi connectivity index (χ1v) is 13.6. The molecular formula is C20H23BClFN3O8PS. The number of nitrogens with two attached hydrogens (primary N) is 1. The van der Waals surface area contributed by atoms with Crippen molar-refractivity contribution in [2.24, 2.45) is 0 Å². The number of nitrogen functional groups attached to an aromatic ring is 1. The fraction of sp³-hybridized carbons (Fsp3) is 0.500. The number of hydrogen-bond donors (Lipinski definition) is 3. The second kappa shape index (κ2) is 11.4. The number of halogens is 2. The maximum Gasteiger partial charge on any atom is 0.530 e. The number of aliphatic hydroxyl groups is 2. The van der Waals surface area contributed by atoms with Crippen LogP contribution in [0.1, 0.15) is 11.8 Å². The minimum Gasteiger partial charge on any atom is -0.402 e. The van der Waals surface area contributed by atoms with Crippen molar-refractivity contribution in [3.05, 3.63) is 52.0 Å². The summed E-state index contributed by atoms with van der Waals surface area (Å²) in [4.78, 5) is 15.9. The van der Waals surface area contributed by atoms with Gasteiger partial charge >= 0.3 is 13.5 Å². The normalized spacial score (nSPS) is 31.8. The number of para-hydroxylation sites is 1. The van der Waals surface area contributed by atoms with E-state index in [1.54, 1.807) is 12.1 Å². The van der Waals surface area contributed by atoms with Gasteiger partial charge in [0.25, 0.3) is 0 Å². The molecule has 4 N–H and O–H groups in total. The van der Waals surface area contributed by atoms with E-state index in [2.05, 4.69) is 4.98 Å².